The number of aryl methyl sites for hydroxylation is 1. The normalized spacial score (nSPS) is 10.8. The van der Waals surface area contributed by atoms with Gasteiger partial charge in [-0.3, -0.25) is 4.57 Å². The third kappa shape index (κ3) is 1.81. The maximum Gasteiger partial charge on any atom is 0.206 e. The first kappa shape index (κ1) is 11.6. The van der Waals surface area contributed by atoms with Crippen molar-refractivity contribution >= 4 is 17.0 Å². The Bertz CT molecular complexity index is 746. The molecule has 0 aliphatic rings. The van der Waals surface area contributed by atoms with Gasteiger partial charge in [-0.2, -0.15) is 0 Å². The van der Waals surface area contributed by atoms with Crippen molar-refractivity contribution < 1.29 is 4.74 Å². The van der Waals surface area contributed by atoms with Crippen molar-refractivity contribution in [1.82, 2.24) is 9.55 Å². The van der Waals surface area contributed by atoms with Crippen molar-refractivity contribution in [2.45, 2.75) is 6.92 Å². The number of hydrogen-bond donors (Lipinski definition) is 1. The molecular formula is C15H15N3O. The number of nitrogen functional groups attached to an aromatic ring is 1. The molecule has 1 heterocycles. The largest absolute Gasteiger partial charge is 0.494 e. The van der Waals surface area contributed by atoms with Gasteiger partial charge in [0.15, 0.2) is 0 Å². The van der Waals surface area contributed by atoms with E-state index >= 15 is 0 Å². The van der Waals surface area contributed by atoms with Gasteiger partial charge < -0.3 is 10.5 Å². The lowest BCUT2D eigenvalue weighted by Gasteiger charge is -2.07. The maximum atomic E-state index is 6.06. The molecule has 0 aliphatic heterocycles. The average Bonchev–Trinajstić information content (AvgIpc) is 2.74. The number of benzene rings is 2. The Hall–Kier alpha value is -2.49. The van der Waals surface area contributed by atoms with Crippen LogP contribution >= 0.6 is 0 Å². The molecule has 0 atom stereocenters. The Kier molecular flexibility index (Phi) is 2.63. The zero-order valence-electron chi connectivity index (χ0n) is 10.9. The van der Waals surface area contributed by atoms with Gasteiger partial charge in [0.1, 0.15) is 11.3 Å². The van der Waals surface area contributed by atoms with E-state index in [1.165, 1.54) is 5.56 Å². The quantitative estimate of drug-likeness (QED) is 0.764. The summed E-state index contributed by atoms with van der Waals surface area (Å²) in [6.07, 6.45) is 0. The molecule has 0 saturated carbocycles. The number of imidazole rings is 1. The Morgan fingerprint density at radius 2 is 1.95 bits per heavy atom. The molecule has 2 N–H and O–H groups in total. The van der Waals surface area contributed by atoms with E-state index in [1.807, 2.05) is 34.9 Å². The number of para-hydroxylation sites is 1. The lowest BCUT2D eigenvalue weighted by Crippen LogP contribution is -2.00. The van der Waals surface area contributed by atoms with Crippen LogP contribution in [0.1, 0.15) is 5.56 Å². The highest BCUT2D eigenvalue weighted by atomic mass is 16.5. The lowest BCUT2D eigenvalue weighted by molar-refractivity contribution is 0.419. The first-order valence-corrected chi connectivity index (χ1v) is 6.08. The SMILES string of the molecule is COc1cccc2c1nc(N)n2-c1cccc(C)c1. The summed E-state index contributed by atoms with van der Waals surface area (Å²) >= 11 is 0. The van der Waals surface area contributed by atoms with Crippen molar-refractivity contribution in [2.75, 3.05) is 12.8 Å². The standard InChI is InChI=1S/C15H15N3O/c1-10-5-3-6-11(9-10)18-12-7-4-8-13(19-2)14(12)17-15(18)16/h3-9H,1-2H3,(H2,16,17). The molecule has 0 fully saturated rings. The number of anilines is 1. The van der Waals surface area contributed by atoms with E-state index in [1.54, 1.807) is 7.11 Å². The van der Waals surface area contributed by atoms with Gasteiger partial charge in [0.2, 0.25) is 5.95 Å². The number of methoxy groups -OCH3 is 1. The molecule has 4 heteroatoms. The van der Waals surface area contributed by atoms with Crippen LogP contribution in [-0.4, -0.2) is 16.7 Å². The molecule has 0 radical (unpaired) electrons. The van der Waals surface area contributed by atoms with Gasteiger partial charge in [0.25, 0.3) is 0 Å². The predicted octanol–water partition coefficient (Wildman–Crippen LogP) is 2.92. The first-order valence-electron chi connectivity index (χ1n) is 6.08. The summed E-state index contributed by atoms with van der Waals surface area (Å²) in [5, 5.41) is 0. The second kappa shape index (κ2) is 4.31. The molecular weight excluding hydrogens is 238 g/mol. The van der Waals surface area contributed by atoms with Gasteiger partial charge in [-0.25, -0.2) is 4.98 Å². The molecule has 3 rings (SSSR count). The molecule has 0 amide bonds. The minimum absolute atomic E-state index is 0.463. The van der Waals surface area contributed by atoms with E-state index in [4.69, 9.17) is 10.5 Å². The number of ether oxygens (including phenoxy) is 1. The summed E-state index contributed by atoms with van der Waals surface area (Å²) in [4.78, 5) is 4.41. The number of nitrogens with two attached hydrogens (primary N) is 1. The fourth-order valence-electron chi connectivity index (χ4n) is 2.29. The van der Waals surface area contributed by atoms with Crippen LogP contribution in [0, 0.1) is 6.92 Å². The third-order valence-corrected chi connectivity index (χ3v) is 3.15. The molecule has 1 aromatic heterocycles. The van der Waals surface area contributed by atoms with Gasteiger partial charge in [-0.1, -0.05) is 18.2 Å². The average molecular weight is 253 g/mol. The molecule has 0 spiro atoms. The molecule has 96 valence electrons. The first-order chi connectivity index (χ1) is 9.20. The van der Waals surface area contributed by atoms with Crippen molar-refractivity contribution in [3.63, 3.8) is 0 Å². The van der Waals surface area contributed by atoms with Crippen LogP contribution in [-0.2, 0) is 0 Å². The molecule has 4 nitrogen and oxygen atoms in total. The number of aromatic nitrogens is 2. The van der Waals surface area contributed by atoms with Crippen LogP contribution in [0.2, 0.25) is 0 Å². The summed E-state index contributed by atoms with van der Waals surface area (Å²) in [7, 11) is 1.64. The molecule has 3 aromatic rings. The number of nitrogens with zero attached hydrogens (tertiary/aromatic N) is 2. The number of fused-ring (bicyclic) bond motifs is 1. The third-order valence-electron chi connectivity index (χ3n) is 3.15. The minimum atomic E-state index is 0.463. The summed E-state index contributed by atoms with van der Waals surface area (Å²) in [5.74, 6) is 1.20. The van der Waals surface area contributed by atoms with E-state index in [0.717, 1.165) is 22.5 Å². The van der Waals surface area contributed by atoms with Crippen LogP contribution in [0.3, 0.4) is 0 Å². The number of hydrogen-bond acceptors (Lipinski definition) is 3. The van der Waals surface area contributed by atoms with Gasteiger partial charge in [0.05, 0.1) is 12.6 Å². The Morgan fingerprint density at radius 3 is 2.68 bits per heavy atom. The molecule has 0 aliphatic carbocycles. The van der Waals surface area contributed by atoms with E-state index in [-0.39, 0.29) is 0 Å². The lowest BCUT2D eigenvalue weighted by atomic mass is 10.2. The maximum absolute atomic E-state index is 6.06. The second-order valence-corrected chi connectivity index (χ2v) is 4.47. The Balaban J connectivity index is 2.32. The molecule has 2 aromatic carbocycles. The van der Waals surface area contributed by atoms with Crippen molar-refractivity contribution in [2.24, 2.45) is 0 Å². The summed E-state index contributed by atoms with van der Waals surface area (Å²) in [6, 6.07) is 14.0. The molecule has 0 saturated heterocycles. The zero-order valence-corrected chi connectivity index (χ0v) is 10.9. The second-order valence-electron chi connectivity index (χ2n) is 4.47. The van der Waals surface area contributed by atoms with Crippen LogP contribution in [0.4, 0.5) is 5.95 Å². The topological polar surface area (TPSA) is 53.1 Å². The van der Waals surface area contributed by atoms with Gasteiger partial charge in [0, 0.05) is 5.69 Å². The zero-order chi connectivity index (χ0) is 13.4. The van der Waals surface area contributed by atoms with E-state index in [0.29, 0.717) is 5.95 Å². The van der Waals surface area contributed by atoms with Crippen LogP contribution in [0.5, 0.6) is 5.75 Å². The van der Waals surface area contributed by atoms with E-state index in [2.05, 4.69) is 24.0 Å². The highest BCUT2D eigenvalue weighted by Gasteiger charge is 2.13. The fourth-order valence-corrected chi connectivity index (χ4v) is 2.29. The highest BCUT2D eigenvalue weighted by molar-refractivity contribution is 5.86. The van der Waals surface area contributed by atoms with Crippen LogP contribution in [0.15, 0.2) is 42.5 Å². The fraction of sp³-hybridized carbons (Fsp3) is 0.133. The van der Waals surface area contributed by atoms with Gasteiger partial charge in [-0.05, 0) is 36.8 Å². The number of rotatable bonds is 2. The summed E-state index contributed by atoms with van der Waals surface area (Å²) in [6.45, 7) is 2.05. The molecule has 0 unspecified atom stereocenters. The van der Waals surface area contributed by atoms with E-state index in [9.17, 15) is 0 Å². The van der Waals surface area contributed by atoms with Crippen LogP contribution in [0.25, 0.3) is 16.7 Å². The van der Waals surface area contributed by atoms with E-state index < -0.39 is 0 Å². The van der Waals surface area contributed by atoms with Gasteiger partial charge >= 0.3 is 0 Å². The van der Waals surface area contributed by atoms with Crippen molar-refractivity contribution in [3.8, 4) is 11.4 Å². The monoisotopic (exact) mass is 253 g/mol. The molecule has 19 heavy (non-hydrogen) atoms. The smallest absolute Gasteiger partial charge is 0.206 e. The van der Waals surface area contributed by atoms with Crippen molar-refractivity contribution in [3.05, 3.63) is 48.0 Å². The Morgan fingerprint density at radius 1 is 1.16 bits per heavy atom. The predicted molar refractivity (Wildman–Crippen MR) is 76.8 cm³/mol. The summed E-state index contributed by atoms with van der Waals surface area (Å²) < 4.78 is 7.26. The Labute approximate surface area is 111 Å². The van der Waals surface area contributed by atoms with Crippen molar-refractivity contribution in [1.29, 1.82) is 0 Å². The van der Waals surface area contributed by atoms with Gasteiger partial charge in [-0.15, -0.1) is 0 Å². The molecule has 0 bridgehead atoms. The highest BCUT2D eigenvalue weighted by Crippen LogP contribution is 2.29. The summed E-state index contributed by atoms with van der Waals surface area (Å²) in [5.41, 5.74) is 9.97. The minimum Gasteiger partial charge on any atom is -0.494 e. The van der Waals surface area contributed by atoms with Crippen LogP contribution < -0.4 is 10.5 Å².